The summed E-state index contributed by atoms with van der Waals surface area (Å²) in [5, 5.41) is 9.70. The molecule has 0 bridgehead atoms. The molecule has 0 unspecified atom stereocenters. The highest BCUT2D eigenvalue weighted by Crippen LogP contribution is 2.41. The zero-order chi connectivity index (χ0) is 23.8. The number of imidazole rings is 1. The highest BCUT2D eigenvalue weighted by molar-refractivity contribution is 5.95. The average Bonchev–Trinajstić information content (AvgIpc) is 3.22. The molecule has 1 aromatic heterocycles. The Morgan fingerprint density at radius 3 is 2.71 bits per heavy atom. The number of aliphatic carboxylic acids is 1. The number of amides is 1. The Kier molecular flexibility index (Phi) is 6.51. The van der Waals surface area contributed by atoms with Crippen molar-refractivity contribution in [2.45, 2.75) is 76.8 Å². The number of hydrogen-bond donors (Lipinski definition) is 1. The van der Waals surface area contributed by atoms with E-state index in [0.29, 0.717) is 12.3 Å². The van der Waals surface area contributed by atoms with E-state index >= 15 is 0 Å². The minimum atomic E-state index is -0.694. The van der Waals surface area contributed by atoms with Gasteiger partial charge < -0.3 is 19.1 Å². The van der Waals surface area contributed by atoms with Crippen LogP contribution in [0.5, 0.6) is 0 Å². The molecule has 1 aromatic carbocycles. The number of carbonyl (C=O) groups is 2. The molecule has 5 rings (SSSR count). The van der Waals surface area contributed by atoms with Gasteiger partial charge in [-0.1, -0.05) is 6.42 Å². The second-order valence-electron chi connectivity index (χ2n) is 10.2. The number of anilines is 1. The Balaban J connectivity index is 1.60. The zero-order valence-electron chi connectivity index (χ0n) is 20.2. The molecule has 1 saturated carbocycles. The summed E-state index contributed by atoms with van der Waals surface area (Å²) in [6.45, 7) is 3.63. The predicted octanol–water partition coefficient (Wildman–Crippen LogP) is 4.73. The molecule has 1 amide bonds. The van der Waals surface area contributed by atoms with Crippen molar-refractivity contribution in [2.24, 2.45) is 11.8 Å². The largest absolute Gasteiger partial charge is 0.481 e. The Bertz CT molecular complexity index is 1070. The number of carboxylic acid groups (broad SMARTS) is 1. The molecule has 34 heavy (non-hydrogen) atoms. The number of methoxy groups -OCH3 is 1. The van der Waals surface area contributed by atoms with Gasteiger partial charge in [0.15, 0.2) is 0 Å². The Morgan fingerprint density at radius 1 is 1.18 bits per heavy atom. The number of ether oxygens (including phenoxy) is 2. The van der Waals surface area contributed by atoms with E-state index < -0.39 is 5.97 Å². The van der Waals surface area contributed by atoms with Gasteiger partial charge in [0.2, 0.25) is 0 Å². The van der Waals surface area contributed by atoms with Gasteiger partial charge >= 0.3 is 12.1 Å². The van der Waals surface area contributed by atoms with Crippen LogP contribution in [0.1, 0.15) is 69.3 Å². The quantitative estimate of drug-likeness (QED) is 0.696. The number of benzene rings is 1. The van der Waals surface area contributed by atoms with Crippen LogP contribution in [0.25, 0.3) is 11.0 Å². The number of fused-ring (bicyclic) bond motifs is 3. The highest BCUT2D eigenvalue weighted by atomic mass is 16.5. The summed E-state index contributed by atoms with van der Waals surface area (Å²) in [6, 6.07) is 4.30. The van der Waals surface area contributed by atoms with Gasteiger partial charge in [-0.05, 0) is 69.9 Å². The standard InChI is InChI=1S/C26H35N3O5/c1-16-6-7-20-21(28(16)26(32)33-2)8-9-22-24(20)27-23(14-17-10-12-34-13-11-17)29(22)19-5-3-4-18(15-19)25(30)31/h8-9,16-19H,3-7,10-15H2,1-2H3,(H,30,31)/t16-,18+,19+/m0/s1. The first-order valence-corrected chi connectivity index (χ1v) is 12.7. The van der Waals surface area contributed by atoms with E-state index in [1.807, 2.05) is 13.0 Å². The van der Waals surface area contributed by atoms with Crippen molar-refractivity contribution in [3.05, 3.63) is 23.5 Å². The maximum Gasteiger partial charge on any atom is 0.414 e. The molecule has 8 nitrogen and oxygen atoms in total. The van der Waals surface area contributed by atoms with Crippen LogP contribution in [0.3, 0.4) is 0 Å². The van der Waals surface area contributed by atoms with E-state index in [1.165, 1.54) is 7.11 Å². The van der Waals surface area contributed by atoms with Gasteiger partial charge in [-0.3, -0.25) is 9.69 Å². The number of rotatable bonds is 4. The van der Waals surface area contributed by atoms with Crippen LogP contribution in [-0.2, 0) is 27.1 Å². The molecule has 184 valence electrons. The van der Waals surface area contributed by atoms with Crippen molar-refractivity contribution >= 4 is 28.8 Å². The number of hydrogen-bond acceptors (Lipinski definition) is 5. The molecule has 3 heterocycles. The summed E-state index contributed by atoms with van der Waals surface area (Å²) in [4.78, 5) is 31.3. The maximum absolute atomic E-state index is 12.6. The van der Waals surface area contributed by atoms with Gasteiger partial charge in [0.1, 0.15) is 5.82 Å². The van der Waals surface area contributed by atoms with Crippen molar-refractivity contribution in [2.75, 3.05) is 25.2 Å². The van der Waals surface area contributed by atoms with E-state index in [1.54, 1.807) is 4.90 Å². The lowest BCUT2D eigenvalue weighted by molar-refractivity contribution is -0.143. The van der Waals surface area contributed by atoms with Crippen LogP contribution in [-0.4, -0.2) is 53.1 Å². The molecule has 2 aromatic rings. The summed E-state index contributed by atoms with van der Waals surface area (Å²) in [5.41, 5.74) is 4.00. The Labute approximate surface area is 200 Å². The minimum absolute atomic E-state index is 0.0656. The number of carbonyl (C=O) groups excluding carboxylic acids is 1. The van der Waals surface area contributed by atoms with E-state index in [-0.39, 0.29) is 24.1 Å². The average molecular weight is 470 g/mol. The molecular formula is C26H35N3O5. The van der Waals surface area contributed by atoms with Crippen LogP contribution in [0.15, 0.2) is 12.1 Å². The molecule has 0 radical (unpaired) electrons. The van der Waals surface area contributed by atoms with E-state index in [9.17, 15) is 14.7 Å². The fourth-order valence-electron chi connectivity index (χ4n) is 6.21. The number of aryl methyl sites for hydroxylation is 1. The van der Waals surface area contributed by atoms with Gasteiger partial charge in [-0.25, -0.2) is 9.78 Å². The fourth-order valence-corrected chi connectivity index (χ4v) is 6.21. The summed E-state index contributed by atoms with van der Waals surface area (Å²) in [7, 11) is 1.42. The lowest BCUT2D eigenvalue weighted by atomic mass is 9.85. The first-order valence-electron chi connectivity index (χ1n) is 12.7. The second-order valence-corrected chi connectivity index (χ2v) is 10.2. The third-order valence-electron chi connectivity index (χ3n) is 8.07. The molecule has 3 atom stereocenters. The van der Waals surface area contributed by atoms with Crippen LogP contribution in [0.4, 0.5) is 10.5 Å². The predicted molar refractivity (Wildman–Crippen MR) is 128 cm³/mol. The number of carboxylic acids is 1. The molecule has 1 saturated heterocycles. The van der Waals surface area contributed by atoms with Gasteiger partial charge in [0.05, 0.1) is 29.7 Å². The SMILES string of the molecule is COC(=O)N1c2ccc3c(nc(CC4CCOCC4)n3[C@@H]3CCC[C@@H](C(=O)O)C3)c2CC[C@@H]1C. The molecule has 2 aliphatic heterocycles. The molecule has 0 spiro atoms. The topological polar surface area (TPSA) is 93.9 Å². The summed E-state index contributed by atoms with van der Waals surface area (Å²) >= 11 is 0. The number of aromatic nitrogens is 2. The lowest BCUT2D eigenvalue weighted by Crippen LogP contribution is -2.42. The fraction of sp³-hybridized carbons (Fsp3) is 0.654. The second kappa shape index (κ2) is 9.56. The molecular weight excluding hydrogens is 434 g/mol. The summed E-state index contributed by atoms with van der Waals surface area (Å²) in [5.74, 6) is 0.570. The van der Waals surface area contributed by atoms with Crippen LogP contribution in [0.2, 0.25) is 0 Å². The molecule has 1 aliphatic carbocycles. The third-order valence-corrected chi connectivity index (χ3v) is 8.07. The van der Waals surface area contributed by atoms with Crippen molar-refractivity contribution in [1.29, 1.82) is 0 Å². The Morgan fingerprint density at radius 2 is 1.97 bits per heavy atom. The van der Waals surface area contributed by atoms with Crippen LogP contribution < -0.4 is 4.90 Å². The van der Waals surface area contributed by atoms with Crippen molar-refractivity contribution in [3.63, 3.8) is 0 Å². The van der Waals surface area contributed by atoms with E-state index in [4.69, 9.17) is 14.5 Å². The first-order chi connectivity index (χ1) is 16.5. The van der Waals surface area contributed by atoms with Crippen LogP contribution in [0, 0.1) is 11.8 Å². The van der Waals surface area contributed by atoms with Gasteiger partial charge in [-0.15, -0.1) is 0 Å². The molecule has 2 fully saturated rings. The smallest absolute Gasteiger partial charge is 0.414 e. The highest BCUT2D eigenvalue weighted by Gasteiger charge is 2.34. The minimum Gasteiger partial charge on any atom is -0.481 e. The van der Waals surface area contributed by atoms with Crippen molar-refractivity contribution in [3.8, 4) is 0 Å². The van der Waals surface area contributed by atoms with Crippen molar-refractivity contribution in [1.82, 2.24) is 9.55 Å². The van der Waals surface area contributed by atoms with Gasteiger partial charge in [-0.2, -0.15) is 0 Å². The lowest BCUT2D eigenvalue weighted by Gasteiger charge is -2.34. The van der Waals surface area contributed by atoms with E-state index in [2.05, 4.69) is 10.6 Å². The monoisotopic (exact) mass is 469 g/mol. The zero-order valence-corrected chi connectivity index (χ0v) is 20.2. The summed E-state index contributed by atoms with van der Waals surface area (Å²) < 4.78 is 13.0. The number of nitrogens with zero attached hydrogens (tertiary/aromatic N) is 3. The Hall–Kier alpha value is -2.61. The molecule has 3 aliphatic rings. The first kappa shape index (κ1) is 23.1. The van der Waals surface area contributed by atoms with E-state index in [0.717, 1.165) is 92.7 Å². The van der Waals surface area contributed by atoms with Gasteiger partial charge in [0.25, 0.3) is 0 Å². The molecule has 8 heteroatoms. The maximum atomic E-state index is 12.6. The van der Waals surface area contributed by atoms with Crippen LogP contribution >= 0.6 is 0 Å². The van der Waals surface area contributed by atoms with Crippen molar-refractivity contribution < 1.29 is 24.2 Å². The third kappa shape index (κ3) is 4.17. The normalized spacial score (nSPS) is 25.8. The van der Waals surface area contributed by atoms with Gasteiger partial charge in [0, 0.05) is 37.3 Å². The molecule has 1 N–H and O–H groups in total. The summed E-state index contributed by atoms with van der Waals surface area (Å²) in [6.07, 6.45) is 7.57.